The van der Waals surface area contributed by atoms with Crippen LogP contribution in [0.1, 0.15) is 36.9 Å². The number of aromatic nitrogens is 2. The van der Waals surface area contributed by atoms with E-state index in [4.69, 9.17) is 4.42 Å². The lowest BCUT2D eigenvalue weighted by Crippen LogP contribution is -2.48. The molecule has 3 aromatic heterocycles. The zero-order chi connectivity index (χ0) is 27.4. The van der Waals surface area contributed by atoms with E-state index in [2.05, 4.69) is 15.3 Å². The first-order valence-corrected chi connectivity index (χ1v) is 13.8. The van der Waals surface area contributed by atoms with Gasteiger partial charge < -0.3 is 9.73 Å². The molecule has 202 valence electrons. The minimum atomic E-state index is -4.54. The number of fused-ring (bicyclic) bond motifs is 1. The Hall–Kier alpha value is -3.77. The molecular weight excluding hydrogens is 533 g/mol. The molecule has 2 aliphatic rings. The van der Waals surface area contributed by atoms with Crippen molar-refractivity contribution in [3.63, 3.8) is 0 Å². The van der Waals surface area contributed by atoms with Crippen molar-refractivity contribution < 1.29 is 30.8 Å². The van der Waals surface area contributed by atoms with Gasteiger partial charge in [0.05, 0.1) is 11.2 Å². The first-order chi connectivity index (χ1) is 18.6. The van der Waals surface area contributed by atoms with Crippen LogP contribution in [0.15, 0.2) is 76.5 Å². The standard InChI is InChI=1S/C27H23F3N4O4S/c28-27(29,30)23-8-7-18(16-32-23)20-15-19(9-12-31-20)26(10-11-26)33-25(35)21-5-3-13-34(21)39(36,37)24-14-17-4-1-2-6-22(17)38-24/h1-2,4,6-9,12,14-16,21H,3,5,10-11,13H2,(H,33,35)/t21-/m0/s1. The number of furan rings is 1. The predicted octanol–water partition coefficient (Wildman–Crippen LogP) is 4.87. The van der Waals surface area contributed by atoms with Gasteiger partial charge in [-0.05, 0) is 61.6 Å². The summed E-state index contributed by atoms with van der Waals surface area (Å²) in [4.78, 5) is 21.2. The van der Waals surface area contributed by atoms with Crippen LogP contribution in [0.25, 0.3) is 22.2 Å². The summed E-state index contributed by atoms with van der Waals surface area (Å²) in [5.41, 5.74) is 0.323. The molecule has 8 nitrogen and oxygen atoms in total. The number of sulfonamides is 1. The highest BCUT2D eigenvalue weighted by atomic mass is 32.2. The fourth-order valence-corrected chi connectivity index (χ4v) is 6.63. The van der Waals surface area contributed by atoms with E-state index in [0.717, 1.165) is 17.8 Å². The molecule has 1 aliphatic heterocycles. The molecule has 6 rings (SSSR count). The van der Waals surface area contributed by atoms with Crippen molar-refractivity contribution in [2.24, 2.45) is 0 Å². The topological polar surface area (TPSA) is 105 Å². The summed E-state index contributed by atoms with van der Waals surface area (Å²) in [5.74, 6) is -0.403. The molecule has 39 heavy (non-hydrogen) atoms. The maximum absolute atomic E-state index is 13.4. The average molecular weight is 557 g/mol. The number of para-hydroxylation sites is 1. The van der Waals surface area contributed by atoms with Gasteiger partial charge in [0.15, 0.2) is 0 Å². The number of rotatable bonds is 6. The molecule has 1 saturated heterocycles. The summed E-state index contributed by atoms with van der Waals surface area (Å²) in [7, 11) is -4.04. The Bertz CT molecular complexity index is 1630. The molecule has 1 aromatic carbocycles. The molecule has 4 aromatic rings. The minimum Gasteiger partial charge on any atom is -0.443 e. The number of pyridine rings is 2. The third kappa shape index (κ3) is 4.67. The number of amides is 1. The lowest BCUT2D eigenvalue weighted by atomic mass is 10.0. The lowest BCUT2D eigenvalue weighted by Gasteiger charge is -2.25. The van der Waals surface area contributed by atoms with E-state index in [9.17, 15) is 26.4 Å². The minimum absolute atomic E-state index is 0.199. The normalized spacial score (nSPS) is 19.3. The molecule has 2 fully saturated rings. The van der Waals surface area contributed by atoms with Crippen molar-refractivity contribution in [1.29, 1.82) is 0 Å². The van der Waals surface area contributed by atoms with E-state index < -0.39 is 39.4 Å². The Labute approximate surface area is 221 Å². The Balaban J connectivity index is 1.22. The van der Waals surface area contributed by atoms with Gasteiger partial charge in [-0.15, -0.1) is 0 Å². The maximum atomic E-state index is 13.4. The molecule has 0 spiro atoms. The molecule has 0 unspecified atom stereocenters. The zero-order valence-corrected chi connectivity index (χ0v) is 21.3. The van der Waals surface area contributed by atoms with Crippen LogP contribution in [0, 0.1) is 0 Å². The smallest absolute Gasteiger partial charge is 0.433 e. The van der Waals surface area contributed by atoms with E-state index >= 15 is 0 Å². The Morgan fingerprint density at radius 3 is 2.56 bits per heavy atom. The highest BCUT2D eigenvalue weighted by Crippen LogP contribution is 2.46. The van der Waals surface area contributed by atoms with Crippen molar-refractivity contribution in [1.82, 2.24) is 19.6 Å². The van der Waals surface area contributed by atoms with E-state index in [1.54, 1.807) is 36.4 Å². The molecule has 1 saturated carbocycles. The number of benzene rings is 1. The number of carbonyl (C=O) groups excluding carboxylic acids is 1. The SMILES string of the molecule is O=C(NC1(c2ccnc(-c3ccc(C(F)(F)F)nc3)c2)CC1)[C@@H]1CCCN1S(=O)(=O)c1cc2ccccc2o1. The van der Waals surface area contributed by atoms with Gasteiger partial charge in [-0.3, -0.25) is 14.8 Å². The first-order valence-electron chi connectivity index (χ1n) is 12.4. The summed E-state index contributed by atoms with van der Waals surface area (Å²) in [6.07, 6.45) is 0.287. The number of nitrogens with one attached hydrogen (secondary N) is 1. The van der Waals surface area contributed by atoms with Crippen LogP contribution in [0.3, 0.4) is 0 Å². The lowest BCUT2D eigenvalue weighted by molar-refractivity contribution is -0.141. The molecule has 12 heteroatoms. The van der Waals surface area contributed by atoms with Gasteiger partial charge in [-0.2, -0.15) is 17.5 Å². The van der Waals surface area contributed by atoms with Crippen molar-refractivity contribution in [3.05, 3.63) is 78.2 Å². The molecular formula is C27H23F3N4O4S. The summed E-state index contributed by atoms with van der Waals surface area (Å²) < 4.78 is 72.3. The third-order valence-electron chi connectivity index (χ3n) is 7.25. The number of halogens is 3. The average Bonchev–Trinajstić information content (AvgIpc) is 3.32. The van der Waals surface area contributed by atoms with Crippen LogP contribution >= 0.6 is 0 Å². The maximum Gasteiger partial charge on any atom is 0.433 e. The third-order valence-corrected chi connectivity index (χ3v) is 9.01. The van der Waals surface area contributed by atoms with E-state index in [1.807, 2.05) is 0 Å². The summed E-state index contributed by atoms with van der Waals surface area (Å²) >= 11 is 0. The van der Waals surface area contributed by atoms with Crippen molar-refractivity contribution in [3.8, 4) is 11.3 Å². The van der Waals surface area contributed by atoms with Gasteiger partial charge in [0.1, 0.15) is 17.3 Å². The molecule has 0 bridgehead atoms. The van der Waals surface area contributed by atoms with Crippen LogP contribution in [0.5, 0.6) is 0 Å². The monoisotopic (exact) mass is 556 g/mol. The summed E-state index contributed by atoms with van der Waals surface area (Å²) in [5, 5.41) is 3.50. The van der Waals surface area contributed by atoms with Crippen LogP contribution in [0.2, 0.25) is 0 Å². The second kappa shape index (κ2) is 9.16. The Morgan fingerprint density at radius 2 is 1.87 bits per heavy atom. The van der Waals surface area contributed by atoms with Crippen LogP contribution in [-0.4, -0.2) is 41.2 Å². The number of hydrogen-bond acceptors (Lipinski definition) is 6. The summed E-state index contributed by atoms with van der Waals surface area (Å²) in [6, 6.07) is 13.2. The van der Waals surface area contributed by atoms with Crippen LogP contribution < -0.4 is 5.32 Å². The number of alkyl halides is 3. The fraction of sp³-hybridized carbons (Fsp3) is 0.296. The Morgan fingerprint density at radius 1 is 1.08 bits per heavy atom. The fourth-order valence-electron chi connectivity index (χ4n) is 5.02. The number of hydrogen-bond donors (Lipinski definition) is 1. The Kier molecular flexibility index (Phi) is 5.99. The van der Waals surface area contributed by atoms with Crippen molar-refractivity contribution >= 4 is 26.9 Å². The highest BCUT2D eigenvalue weighted by Gasteiger charge is 2.49. The number of carbonyl (C=O) groups is 1. The van der Waals surface area contributed by atoms with E-state index in [0.29, 0.717) is 47.9 Å². The van der Waals surface area contributed by atoms with Gasteiger partial charge in [-0.1, -0.05) is 18.2 Å². The van der Waals surface area contributed by atoms with Gasteiger partial charge in [0.2, 0.25) is 11.0 Å². The van der Waals surface area contributed by atoms with Gasteiger partial charge >= 0.3 is 6.18 Å². The first kappa shape index (κ1) is 25.5. The highest BCUT2D eigenvalue weighted by molar-refractivity contribution is 7.89. The molecule has 1 amide bonds. The van der Waals surface area contributed by atoms with Gasteiger partial charge in [0, 0.05) is 36.0 Å². The second-order valence-electron chi connectivity index (χ2n) is 9.81. The molecule has 1 aliphatic carbocycles. The largest absolute Gasteiger partial charge is 0.443 e. The van der Waals surface area contributed by atoms with Gasteiger partial charge in [0.25, 0.3) is 10.0 Å². The molecule has 4 heterocycles. The van der Waals surface area contributed by atoms with Crippen LogP contribution in [0.4, 0.5) is 13.2 Å². The quantitative estimate of drug-likeness (QED) is 0.364. The summed E-state index contributed by atoms with van der Waals surface area (Å²) in [6.45, 7) is 0.199. The van der Waals surface area contributed by atoms with E-state index in [1.165, 1.54) is 22.6 Å². The van der Waals surface area contributed by atoms with Crippen LogP contribution in [-0.2, 0) is 26.5 Å². The number of nitrogens with zero attached hydrogens (tertiary/aromatic N) is 3. The van der Waals surface area contributed by atoms with E-state index in [-0.39, 0.29) is 11.6 Å². The predicted molar refractivity (Wildman–Crippen MR) is 135 cm³/mol. The molecule has 1 atom stereocenters. The second-order valence-corrected chi connectivity index (χ2v) is 11.6. The van der Waals surface area contributed by atoms with Crippen molar-refractivity contribution in [2.75, 3.05) is 6.54 Å². The molecule has 0 radical (unpaired) electrons. The zero-order valence-electron chi connectivity index (χ0n) is 20.5. The van der Waals surface area contributed by atoms with Crippen molar-refractivity contribution in [2.45, 2.75) is 48.5 Å². The van der Waals surface area contributed by atoms with Gasteiger partial charge in [-0.25, -0.2) is 8.42 Å². The molecule has 1 N–H and O–H groups in total.